The van der Waals surface area contributed by atoms with E-state index < -0.39 is 0 Å². The lowest BCUT2D eigenvalue weighted by molar-refractivity contribution is -0.114. The molecule has 2 heterocycles. The molecule has 0 N–H and O–H groups in total. The first-order chi connectivity index (χ1) is 7.18. The smallest absolute Gasteiger partial charge is 0.299 e. The van der Waals surface area contributed by atoms with Crippen molar-refractivity contribution in [1.29, 1.82) is 0 Å². The lowest BCUT2D eigenvalue weighted by atomic mass is 9.97. The Balaban J connectivity index is 2.33. The summed E-state index contributed by atoms with van der Waals surface area (Å²) in [6.45, 7) is 2.65. The fourth-order valence-corrected chi connectivity index (χ4v) is 2.52. The van der Waals surface area contributed by atoms with Crippen molar-refractivity contribution in [3.63, 3.8) is 0 Å². The largest absolute Gasteiger partial charge is 0.304 e. The fraction of sp³-hybridized carbons (Fsp3) is 0.333. The molecular weight excluding hydrogens is 190 g/mol. The summed E-state index contributed by atoms with van der Waals surface area (Å²) in [5.74, 6) is -0.687. The molecule has 0 radical (unpaired) electrons. The molecular formula is C12H11NO2. The van der Waals surface area contributed by atoms with Crippen molar-refractivity contribution in [3.05, 3.63) is 28.8 Å². The lowest BCUT2D eigenvalue weighted by Crippen LogP contribution is -2.33. The summed E-state index contributed by atoms with van der Waals surface area (Å²) < 4.78 is 0. The van der Waals surface area contributed by atoms with Crippen molar-refractivity contribution in [1.82, 2.24) is 0 Å². The van der Waals surface area contributed by atoms with Gasteiger partial charge in [0.05, 0.1) is 11.3 Å². The molecule has 76 valence electrons. The zero-order chi connectivity index (χ0) is 10.6. The van der Waals surface area contributed by atoms with Crippen LogP contribution >= 0.6 is 0 Å². The highest BCUT2D eigenvalue weighted by molar-refractivity contribution is 6.52. The Morgan fingerprint density at radius 2 is 2.07 bits per heavy atom. The zero-order valence-corrected chi connectivity index (χ0v) is 8.54. The van der Waals surface area contributed by atoms with E-state index in [1.807, 2.05) is 13.0 Å². The van der Waals surface area contributed by atoms with Gasteiger partial charge >= 0.3 is 0 Å². The maximum Gasteiger partial charge on any atom is 0.299 e. The monoisotopic (exact) mass is 201 g/mol. The van der Waals surface area contributed by atoms with Crippen LogP contribution in [0, 0.1) is 6.92 Å². The van der Waals surface area contributed by atoms with Gasteiger partial charge in [-0.15, -0.1) is 0 Å². The molecule has 0 aliphatic carbocycles. The number of Topliss-reactive ketones (excluding diaryl/α,β-unsaturated/α-hetero) is 1. The minimum Gasteiger partial charge on any atom is -0.304 e. The lowest BCUT2D eigenvalue weighted by Gasteiger charge is -2.24. The Labute approximate surface area is 87.7 Å². The quantitative estimate of drug-likeness (QED) is 0.596. The van der Waals surface area contributed by atoms with E-state index in [1.54, 1.807) is 4.90 Å². The van der Waals surface area contributed by atoms with Crippen LogP contribution in [0.15, 0.2) is 12.1 Å². The first kappa shape index (κ1) is 8.65. The number of amides is 1. The van der Waals surface area contributed by atoms with Gasteiger partial charge in [0.1, 0.15) is 0 Å². The molecule has 0 unspecified atom stereocenters. The van der Waals surface area contributed by atoms with Crippen molar-refractivity contribution in [2.75, 3.05) is 11.4 Å². The molecule has 0 saturated heterocycles. The maximum absolute atomic E-state index is 11.7. The van der Waals surface area contributed by atoms with E-state index in [2.05, 4.69) is 6.07 Å². The first-order valence-electron chi connectivity index (χ1n) is 5.18. The summed E-state index contributed by atoms with van der Waals surface area (Å²) in [4.78, 5) is 25.0. The zero-order valence-electron chi connectivity index (χ0n) is 8.54. The average Bonchev–Trinajstić information content (AvgIpc) is 2.46. The summed E-state index contributed by atoms with van der Waals surface area (Å²) in [6.07, 6.45) is 1.93. The highest BCUT2D eigenvalue weighted by Crippen LogP contribution is 2.37. The van der Waals surface area contributed by atoms with E-state index >= 15 is 0 Å². The Morgan fingerprint density at radius 1 is 1.27 bits per heavy atom. The Morgan fingerprint density at radius 3 is 2.87 bits per heavy atom. The predicted molar refractivity (Wildman–Crippen MR) is 56.2 cm³/mol. The summed E-state index contributed by atoms with van der Waals surface area (Å²) in [7, 11) is 0. The van der Waals surface area contributed by atoms with E-state index in [0.29, 0.717) is 12.1 Å². The third-order valence-corrected chi connectivity index (χ3v) is 3.11. The van der Waals surface area contributed by atoms with Gasteiger partial charge in [-0.05, 0) is 37.0 Å². The molecule has 1 aromatic rings. The molecule has 15 heavy (non-hydrogen) atoms. The first-order valence-corrected chi connectivity index (χ1v) is 5.18. The summed E-state index contributed by atoms with van der Waals surface area (Å²) in [5, 5.41) is 0. The third-order valence-electron chi connectivity index (χ3n) is 3.11. The number of carbonyl (C=O) groups excluding carboxylic acids is 2. The summed E-state index contributed by atoms with van der Waals surface area (Å²) in [5.41, 5.74) is 3.70. The molecule has 0 bridgehead atoms. The minimum atomic E-state index is -0.350. The second kappa shape index (κ2) is 2.69. The normalized spacial score (nSPS) is 18.3. The highest BCUT2D eigenvalue weighted by Gasteiger charge is 2.38. The predicted octanol–water partition coefficient (Wildman–Crippen LogP) is 1.47. The topological polar surface area (TPSA) is 37.4 Å². The van der Waals surface area contributed by atoms with Crippen LogP contribution in [0.2, 0.25) is 0 Å². The van der Waals surface area contributed by atoms with Crippen LogP contribution in [-0.2, 0) is 11.2 Å². The molecule has 3 nitrogen and oxygen atoms in total. The van der Waals surface area contributed by atoms with E-state index in [-0.39, 0.29) is 11.7 Å². The Hall–Kier alpha value is -1.64. The number of aryl methyl sites for hydroxylation is 2. The van der Waals surface area contributed by atoms with E-state index in [4.69, 9.17) is 0 Å². The number of hydrogen-bond donors (Lipinski definition) is 0. The van der Waals surface area contributed by atoms with Gasteiger partial charge in [0, 0.05) is 6.54 Å². The molecule has 0 saturated carbocycles. The van der Waals surface area contributed by atoms with Crippen LogP contribution in [0.4, 0.5) is 5.69 Å². The Bertz CT molecular complexity index is 491. The van der Waals surface area contributed by atoms with Gasteiger partial charge in [0.15, 0.2) is 0 Å². The summed E-state index contributed by atoms with van der Waals surface area (Å²) in [6, 6.07) is 3.90. The molecule has 3 heteroatoms. The van der Waals surface area contributed by atoms with Gasteiger partial charge in [-0.2, -0.15) is 0 Å². The van der Waals surface area contributed by atoms with Gasteiger partial charge in [0.25, 0.3) is 11.7 Å². The molecule has 2 aliphatic heterocycles. The van der Waals surface area contributed by atoms with E-state index in [1.165, 1.54) is 0 Å². The number of anilines is 1. The minimum absolute atomic E-state index is 0.336. The molecule has 0 spiro atoms. The van der Waals surface area contributed by atoms with Gasteiger partial charge in [-0.1, -0.05) is 6.07 Å². The number of rotatable bonds is 0. The molecule has 1 aromatic carbocycles. The highest BCUT2D eigenvalue weighted by atomic mass is 16.2. The van der Waals surface area contributed by atoms with E-state index in [0.717, 1.165) is 29.7 Å². The van der Waals surface area contributed by atoms with Crippen LogP contribution < -0.4 is 4.90 Å². The Kier molecular flexibility index (Phi) is 1.55. The van der Waals surface area contributed by atoms with Gasteiger partial charge in [-0.3, -0.25) is 9.59 Å². The van der Waals surface area contributed by atoms with Crippen LogP contribution in [0.25, 0.3) is 0 Å². The third kappa shape index (κ3) is 1.00. The van der Waals surface area contributed by atoms with Crippen molar-refractivity contribution in [2.24, 2.45) is 0 Å². The van der Waals surface area contributed by atoms with Crippen molar-refractivity contribution in [2.45, 2.75) is 19.8 Å². The van der Waals surface area contributed by atoms with E-state index in [9.17, 15) is 9.59 Å². The number of carbonyl (C=O) groups is 2. The number of benzene rings is 1. The second-order valence-electron chi connectivity index (χ2n) is 4.21. The van der Waals surface area contributed by atoms with Crippen molar-refractivity contribution in [3.8, 4) is 0 Å². The molecule has 0 atom stereocenters. The van der Waals surface area contributed by atoms with Crippen LogP contribution in [0.3, 0.4) is 0 Å². The van der Waals surface area contributed by atoms with Crippen LogP contribution in [0.1, 0.15) is 27.9 Å². The standard InChI is InChI=1S/C12H11NO2/c1-7-5-8-3-2-4-13-10(8)9(6-7)11(14)12(13)15/h5-6H,2-4H2,1H3. The molecule has 3 rings (SSSR count). The number of ketones is 1. The number of nitrogens with zero attached hydrogens (tertiary/aromatic N) is 1. The summed E-state index contributed by atoms with van der Waals surface area (Å²) >= 11 is 0. The SMILES string of the molecule is Cc1cc2c3c(c1)C(=O)C(=O)N3CCC2. The van der Waals surface area contributed by atoms with Gasteiger partial charge < -0.3 is 4.90 Å². The van der Waals surface area contributed by atoms with Crippen molar-refractivity contribution < 1.29 is 9.59 Å². The molecule has 0 fully saturated rings. The van der Waals surface area contributed by atoms with Crippen LogP contribution in [0.5, 0.6) is 0 Å². The average molecular weight is 201 g/mol. The number of hydrogen-bond acceptors (Lipinski definition) is 2. The molecule has 0 aromatic heterocycles. The van der Waals surface area contributed by atoms with Gasteiger partial charge in [-0.25, -0.2) is 0 Å². The molecule has 2 aliphatic rings. The molecule has 1 amide bonds. The van der Waals surface area contributed by atoms with Crippen molar-refractivity contribution >= 4 is 17.4 Å². The maximum atomic E-state index is 11.7. The van der Waals surface area contributed by atoms with Crippen LogP contribution in [-0.4, -0.2) is 18.2 Å². The second-order valence-corrected chi connectivity index (χ2v) is 4.21. The van der Waals surface area contributed by atoms with Gasteiger partial charge in [0.2, 0.25) is 0 Å². The fourth-order valence-electron chi connectivity index (χ4n) is 2.52.